The van der Waals surface area contributed by atoms with Crippen molar-refractivity contribution in [1.82, 2.24) is 10.0 Å². The second-order valence-electron chi connectivity index (χ2n) is 4.83. The van der Waals surface area contributed by atoms with Crippen LogP contribution >= 0.6 is 0 Å². The van der Waals surface area contributed by atoms with E-state index in [9.17, 15) is 8.42 Å². The molecule has 0 radical (unpaired) electrons. The Bertz CT molecular complexity index is 486. The second kappa shape index (κ2) is 8.36. The zero-order valence-corrected chi connectivity index (χ0v) is 13.2. The third kappa shape index (κ3) is 5.58. The van der Waals surface area contributed by atoms with E-state index in [0.717, 1.165) is 24.9 Å². The molecule has 0 spiro atoms. The van der Waals surface area contributed by atoms with Gasteiger partial charge in [0.2, 0.25) is 10.0 Å². The van der Waals surface area contributed by atoms with Crippen LogP contribution in [-0.4, -0.2) is 41.8 Å². The quantitative estimate of drug-likeness (QED) is 0.671. The Labute approximate surface area is 121 Å². The second-order valence-corrected chi connectivity index (χ2v) is 6.54. The first-order valence-corrected chi connectivity index (χ1v) is 8.22. The molecule has 0 bridgehead atoms. The van der Waals surface area contributed by atoms with Gasteiger partial charge in [-0.05, 0) is 51.1 Å². The Hall–Kier alpha value is -0.950. The predicted molar refractivity (Wildman–Crippen MR) is 80.3 cm³/mol. The Morgan fingerprint density at radius 3 is 2.45 bits per heavy atom. The van der Waals surface area contributed by atoms with Gasteiger partial charge in [0.05, 0.1) is 11.5 Å². The first-order valence-electron chi connectivity index (χ1n) is 6.74. The molecule has 1 unspecified atom stereocenters. The molecule has 0 fully saturated rings. The lowest BCUT2D eigenvalue weighted by molar-refractivity contribution is 0.180. The molecule has 6 heteroatoms. The highest BCUT2D eigenvalue weighted by Crippen LogP contribution is 2.12. The highest BCUT2D eigenvalue weighted by Gasteiger charge is 2.16. The average Bonchev–Trinajstić information content (AvgIpc) is 2.39. The Morgan fingerprint density at radius 1 is 1.25 bits per heavy atom. The summed E-state index contributed by atoms with van der Waals surface area (Å²) in [5.41, 5.74) is 1.14. The van der Waals surface area contributed by atoms with Crippen molar-refractivity contribution >= 4 is 10.0 Å². The van der Waals surface area contributed by atoms with Crippen LogP contribution in [0.3, 0.4) is 0 Å². The van der Waals surface area contributed by atoms with Gasteiger partial charge in [-0.25, -0.2) is 13.1 Å². The molecule has 20 heavy (non-hydrogen) atoms. The van der Waals surface area contributed by atoms with Crippen molar-refractivity contribution in [3.63, 3.8) is 0 Å². The highest BCUT2D eigenvalue weighted by molar-refractivity contribution is 7.89. The molecule has 1 aromatic rings. The molecule has 0 aliphatic rings. The van der Waals surface area contributed by atoms with Gasteiger partial charge in [-0.1, -0.05) is 12.1 Å². The minimum absolute atomic E-state index is 0.250. The number of nitrogens with one attached hydrogen (secondary N) is 2. The summed E-state index contributed by atoms with van der Waals surface area (Å²) < 4.78 is 31.7. The summed E-state index contributed by atoms with van der Waals surface area (Å²) in [7, 11) is -0.000430. The van der Waals surface area contributed by atoms with Crippen molar-refractivity contribution in [2.75, 3.05) is 27.3 Å². The number of hydrogen-bond donors (Lipinski definition) is 2. The van der Waals surface area contributed by atoms with Gasteiger partial charge in [0, 0.05) is 13.2 Å². The lowest BCUT2D eigenvalue weighted by atomic mass is 10.1. The van der Waals surface area contributed by atoms with Gasteiger partial charge in [-0.2, -0.15) is 0 Å². The number of benzene rings is 1. The number of rotatable bonds is 9. The molecule has 0 aliphatic carbocycles. The van der Waals surface area contributed by atoms with Crippen molar-refractivity contribution in [3.8, 4) is 0 Å². The molecular formula is C14H24N2O3S. The van der Waals surface area contributed by atoms with E-state index in [1.165, 1.54) is 0 Å². The van der Waals surface area contributed by atoms with Crippen LogP contribution in [0.15, 0.2) is 29.2 Å². The van der Waals surface area contributed by atoms with Crippen molar-refractivity contribution in [1.29, 1.82) is 0 Å². The maximum Gasteiger partial charge on any atom is 0.240 e. The topological polar surface area (TPSA) is 67.4 Å². The summed E-state index contributed by atoms with van der Waals surface area (Å²) in [4.78, 5) is 0.290. The smallest absolute Gasteiger partial charge is 0.240 e. The Balaban J connectivity index is 2.66. The average molecular weight is 300 g/mol. The molecule has 0 saturated heterocycles. The highest BCUT2D eigenvalue weighted by atomic mass is 32.2. The van der Waals surface area contributed by atoms with Crippen LogP contribution in [0.1, 0.15) is 18.9 Å². The van der Waals surface area contributed by atoms with Crippen molar-refractivity contribution < 1.29 is 13.2 Å². The summed E-state index contributed by atoms with van der Waals surface area (Å²) in [6, 6.07) is 6.78. The number of aryl methyl sites for hydroxylation is 1. The van der Waals surface area contributed by atoms with Crippen LogP contribution in [0, 0.1) is 0 Å². The monoisotopic (exact) mass is 300 g/mol. The molecule has 5 nitrogen and oxygen atoms in total. The summed E-state index contributed by atoms with van der Waals surface area (Å²) in [6.45, 7) is 3.07. The van der Waals surface area contributed by atoms with E-state index in [1.807, 2.05) is 19.2 Å². The van der Waals surface area contributed by atoms with Crippen LogP contribution < -0.4 is 10.0 Å². The molecule has 1 aromatic carbocycles. The molecule has 1 rings (SSSR count). The van der Waals surface area contributed by atoms with Crippen LogP contribution in [-0.2, 0) is 21.2 Å². The molecule has 0 amide bonds. The maximum atomic E-state index is 12.1. The van der Waals surface area contributed by atoms with Gasteiger partial charge < -0.3 is 10.1 Å². The fourth-order valence-corrected chi connectivity index (χ4v) is 3.15. The first kappa shape index (κ1) is 17.1. The summed E-state index contributed by atoms with van der Waals surface area (Å²) >= 11 is 0. The lowest BCUT2D eigenvalue weighted by Gasteiger charge is -2.13. The van der Waals surface area contributed by atoms with E-state index in [-0.39, 0.29) is 10.9 Å². The van der Waals surface area contributed by atoms with Crippen molar-refractivity contribution in [2.45, 2.75) is 30.7 Å². The summed E-state index contributed by atoms with van der Waals surface area (Å²) in [6.07, 6.45) is 1.97. The van der Waals surface area contributed by atoms with Gasteiger partial charge in [-0.3, -0.25) is 0 Å². The minimum Gasteiger partial charge on any atom is -0.383 e. The zero-order chi connectivity index (χ0) is 15.0. The number of methoxy groups -OCH3 is 1. The maximum absolute atomic E-state index is 12.1. The fraction of sp³-hybridized carbons (Fsp3) is 0.571. The van der Waals surface area contributed by atoms with Gasteiger partial charge in [0.1, 0.15) is 0 Å². The largest absolute Gasteiger partial charge is 0.383 e. The molecule has 0 heterocycles. The van der Waals surface area contributed by atoms with Gasteiger partial charge in [0.15, 0.2) is 0 Å². The SMILES string of the molecule is CNCCCc1ccc(S(=O)(=O)NC(C)COC)cc1. The van der Waals surface area contributed by atoms with Crippen molar-refractivity contribution in [2.24, 2.45) is 0 Å². The van der Waals surface area contributed by atoms with Crippen LogP contribution in [0.5, 0.6) is 0 Å². The van der Waals surface area contributed by atoms with E-state index in [4.69, 9.17) is 4.74 Å². The summed E-state index contributed by atoms with van der Waals surface area (Å²) in [5.74, 6) is 0. The fourth-order valence-electron chi connectivity index (χ4n) is 1.92. The third-order valence-electron chi connectivity index (χ3n) is 2.90. The molecule has 0 aliphatic heterocycles. The van der Waals surface area contributed by atoms with Crippen LogP contribution in [0.2, 0.25) is 0 Å². The van der Waals surface area contributed by atoms with E-state index < -0.39 is 10.0 Å². The van der Waals surface area contributed by atoms with E-state index in [2.05, 4.69) is 10.0 Å². The molecule has 2 N–H and O–H groups in total. The van der Waals surface area contributed by atoms with Crippen LogP contribution in [0.25, 0.3) is 0 Å². The molecule has 0 aromatic heterocycles. The van der Waals surface area contributed by atoms with Gasteiger partial charge in [-0.15, -0.1) is 0 Å². The van der Waals surface area contributed by atoms with Crippen LogP contribution in [0.4, 0.5) is 0 Å². The van der Waals surface area contributed by atoms with Gasteiger partial charge in [0.25, 0.3) is 0 Å². The standard InChI is InChI=1S/C14H24N2O3S/c1-12(11-19-3)16-20(17,18)14-8-6-13(7-9-14)5-4-10-15-2/h6-9,12,15-16H,4-5,10-11H2,1-3H3. The molecule has 0 saturated carbocycles. The minimum atomic E-state index is -3.47. The van der Waals surface area contributed by atoms with Gasteiger partial charge >= 0.3 is 0 Å². The van der Waals surface area contributed by atoms with E-state index in [0.29, 0.717) is 6.61 Å². The first-order chi connectivity index (χ1) is 9.49. The lowest BCUT2D eigenvalue weighted by Crippen LogP contribution is -2.35. The Kier molecular flexibility index (Phi) is 7.15. The normalized spacial score (nSPS) is 13.3. The zero-order valence-electron chi connectivity index (χ0n) is 12.3. The molecule has 114 valence electrons. The Morgan fingerprint density at radius 2 is 1.90 bits per heavy atom. The number of ether oxygens (including phenoxy) is 1. The number of sulfonamides is 1. The summed E-state index contributed by atoms with van der Waals surface area (Å²) in [5, 5.41) is 3.09. The van der Waals surface area contributed by atoms with Crippen molar-refractivity contribution in [3.05, 3.63) is 29.8 Å². The predicted octanol–water partition coefficient (Wildman–Crippen LogP) is 1.15. The molecular weight excluding hydrogens is 276 g/mol. The third-order valence-corrected chi connectivity index (χ3v) is 4.50. The number of hydrogen-bond acceptors (Lipinski definition) is 4. The molecule has 1 atom stereocenters. The van der Waals surface area contributed by atoms with E-state index >= 15 is 0 Å². The van der Waals surface area contributed by atoms with E-state index in [1.54, 1.807) is 26.2 Å².